The van der Waals surface area contributed by atoms with Crippen LogP contribution < -0.4 is 4.74 Å². The SMILES string of the molecule is COc1cccc(-c2nn(-c3ccc(F)cc3)c3cc(C(=O)CC4CCS(=O)(=O)C4)ccc23)c1. The molecule has 0 spiro atoms. The molecule has 1 unspecified atom stereocenters. The topological polar surface area (TPSA) is 78.3 Å². The maximum atomic E-state index is 13.6. The summed E-state index contributed by atoms with van der Waals surface area (Å²) >= 11 is 0. The molecule has 5 rings (SSSR count). The van der Waals surface area contributed by atoms with Crippen molar-refractivity contribution in [2.75, 3.05) is 18.6 Å². The van der Waals surface area contributed by atoms with E-state index in [0.29, 0.717) is 34.6 Å². The predicted octanol–water partition coefficient (Wildman–Crippen LogP) is 4.85. The number of halogens is 1. The van der Waals surface area contributed by atoms with Gasteiger partial charge in [0.05, 0.1) is 29.8 Å². The normalized spacial score (nSPS) is 17.2. The molecule has 1 aromatic heterocycles. The Bertz CT molecular complexity index is 1490. The Kier molecular flexibility index (Phi) is 5.69. The Morgan fingerprint density at radius 1 is 1.12 bits per heavy atom. The van der Waals surface area contributed by atoms with Crippen molar-refractivity contribution in [1.82, 2.24) is 9.78 Å². The molecule has 0 saturated carbocycles. The molecule has 0 N–H and O–H groups in total. The van der Waals surface area contributed by atoms with Gasteiger partial charge in [-0.3, -0.25) is 4.79 Å². The number of ketones is 1. The molecule has 34 heavy (non-hydrogen) atoms. The zero-order valence-corrected chi connectivity index (χ0v) is 19.4. The van der Waals surface area contributed by atoms with Gasteiger partial charge >= 0.3 is 0 Å². The van der Waals surface area contributed by atoms with Crippen molar-refractivity contribution in [2.24, 2.45) is 5.92 Å². The number of ether oxygens (including phenoxy) is 1. The van der Waals surface area contributed by atoms with Gasteiger partial charge in [0.2, 0.25) is 0 Å². The van der Waals surface area contributed by atoms with Gasteiger partial charge in [-0.1, -0.05) is 18.2 Å². The van der Waals surface area contributed by atoms with Gasteiger partial charge in [0.1, 0.15) is 17.3 Å². The van der Waals surface area contributed by atoms with Crippen LogP contribution in [-0.2, 0) is 9.84 Å². The zero-order valence-electron chi connectivity index (χ0n) is 18.6. The Balaban J connectivity index is 1.59. The molecule has 1 saturated heterocycles. The minimum absolute atomic E-state index is 0.0640. The fourth-order valence-corrected chi connectivity index (χ4v) is 6.33. The average molecular weight is 479 g/mol. The van der Waals surface area contributed by atoms with Gasteiger partial charge in [0.15, 0.2) is 15.6 Å². The van der Waals surface area contributed by atoms with Gasteiger partial charge in [-0.15, -0.1) is 0 Å². The van der Waals surface area contributed by atoms with Crippen molar-refractivity contribution >= 4 is 26.5 Å². The highest BCUT2D eigenvalue weighted by Gasteiger charge is 2.30. The number of carbonyl (C=O) groups is 1. The number of fused-ring (bicyclic) bond motifs is 1. The van der Waals surface area contributed by atoms with Gasteiger partial charge in [0.25, 0.3) is 0 Å². The van der Waals surface area contributed by atoms with Crippen LogP contribution in [0.5, 0.6) is 5.75 Å². The van der Waals surface area contributed by atoms with Crippen LogP contribution in [0.15, 0.2) is 66.7 Å². The molecule has 174 valence electrons. The van der Waals surface area contributed by atoms with E-state index in [0.717, 1.165) is 10.9 Å². The molecule has 4 aromatic rings. The number of hydrogen-bond donors (Lipinski definition) is 0. The first-order chi connectivity index (χ1) is 16.3. The van der Waals surface area contributed by atoms with Crippen molar-refractivity contribution in [2.45, 2.75) is 12.8 Å². The third-order valence-electron chi connectivity index (χ3n) is 6.22. The Morgan fingerprint density at radius 3 is 2.62 bits per heavy atom. The minimum atomic E-state index is -3.04. The Morgan fingerprint density at radius 2 is 1.91 bits per heavy atom. The van der Waals surface area contributed by atoms with Gasteiger partial charge in [0, 0.05) is 22.9 Å². The summed E-state index contributed by atoms with van der Waals surface area (Å²) in [5, 5.41) is 5.64. The van der Waals surface area contributed by atoms with Crippen molar-refractivity contribution in [1.29, 1.82) is 0 Å². The van der Waals surface area contributed by atoms with Gasteiger partial charge in [-0.2, -0.15) is 5.10 Å². The summed E-state index contributed by atoms with van der Waals surface area (Å²) in [5.41, 5.74) is 3.41. The Labute approximate surface area is 196 Å². The highest BCUT2D eigenvalue weighted by molar-refractivity contribution is 7.91. The summed E-state index contributed by atoms with van der Waals surface area (Å²) in [7, 11) is -1.45. The van der Waals surface area contributed by atoms with Crippen LogP contribution in [-0.4, -0.2) is 42.6 Å². The summed E-state index contributed by atoms with van der Waals surface area (Å²) in [6, 6.07) is 18.9. The molecule has 0 bridgehead atoms. The first kappa shape index (κ1) is 22.3. The lowest BCUT2D eigenvalue weighted by Gasteiger charge is -2.08. The number of Topliss-reactive ketones (excluding diaryl/α,β-unsaturated/α-hetero) is 1. The van der Waals surface area contributed by atoms with E-state index in [1.807, 2.05) is 30.3 Å². The standard InChI is InChI=1S/C26H23FN2O4S/c1-33-22-4-2-3-19(14-22)26-23-10-5-18(25(30)13-17-11-12-34(31,32)16-17)15-24(23)29(28-26)21-8-6-20(27)7-9-21/h2-10,14-15,17H,11-13,16H2,1H3. The summed E-state index contributed by atoms with van der Waals surface area (Å²) < 4.78 is 44.2. The quantitative estimate of drug-likeness (QED) is 0.370. The molecule has 1 aliphatic heterocycles. The number of nitrogens with zero attached hydrogens (tertiary/aromatic N) is 2. The molecular formula is C26H23FN2O4S. The fourth-order valence-electron chi connectivity index (χ4n) is 4.46. The van der Waals surface area contributed by atoms with E-state index in [4.69, 9.17) is 9.84 Å². The van der Waals surface area contributed by atoms with Crippen LogP contribution in [0.1, 0.15) is 23.2 Å². The maximum Gasteiger partial charge on any atom is 0.163 e. The van der Waals surface area contributed by atoms with Crippen molar-refractivity contribution in [3.63, 3.8) is 0 Å². The lowest BCUT2D eigenvalue weighted by atomic mass is 9.96. The van der Waals surface area contributed by atoms with E-state index in [9.17, 15) is 17.6 Å². The molecule has 8 heteroatoms. The predicted molar refractivity (Wildman–Crippen MR) is 129 cm³/mol. The number of benzene rings is 3. The molecule has 1 aliphatic rings. The molecule has 3 aromatic carbocycles. The molecule has 0 radical (unpaired) electrons. The molecule has 1 fully saturated rings. The molecule has 6 nitrogen and oxygen atoms in total. The van der Waals surface area contributed by atoms with E-state index in [1.54, 1.807) is 36.1 Å². The fraction of sp³-hybridized carbons (Fsp3) is 0.231. The molecule has 0 amide bonds. The molecule has 2 heterocycles. The number of sulfone groups is 1. The number of aromatic nitrogens is 2. The van der Waals surface area contributed by atoms with Crippen LogP contribution in [0.25, 0.3) is 27.8 Å². The van der Waals surface area contributed by atoms with Crippen LogP contribution in [0.3, 0.4) is 0 Å². The summed E-state index contributed by atoms with van der Waals surface area (Å²) in [4.78, 5) is 13.0. The second-order valence-electron chi connectivity index (χ2n) is 8.60. The van der Waals surface area contributed by atoms with E-state index < -0.39 is 9.84 Å². The van der Waals surface area contributed by atoms with Gasteiger partial charge < -0.3 is 4.74 Å². The van der Waals surface area contributed by atoms with E-state index in [1.165, 1.54) is 12.1 Å². The number of methoxy groups -OCH3 is 1. The molecular weight excluding hydrogens is 455 g/mol. The first-order valence-corrected chi connectivity index (χ1v) is 12.8. The summed E-state index contributed by atoms with van der Waals surface area (Å²) in [6.45, 7) is 0. The smallest absolute Gasteiger partial charge is 0.163 e. The van der Waals surface area contributed by atoms with Crippen LogP contribution >= 0.6 is 0 Å². The van der Waals surface area contributed by atoms with Crippen molar-refractivity contribution in [3.8, 4) is 22.7 Å². The van der Waals surface area contributed by atoms with Crippen LogP contribution in [0, 0.1) is 11.7 Å². The second-order valence-corrected chi connectivity index (χ2v) is 10.8. The highest BCUT2D eigenvalue weighted by atomic mass is 32.2. The number of rotatable bonds is 6. The lowest BCUT2D eigenvalue weighted by molar-refractivity contribution is 0.0966. The van der Waals surface area contributed by atoms with Gasteiger partial charge in [-0.25, -0.2) is 17.5 Å². The number of hydrogen-bond acceptors (Lipinski definition) is 5. The third kappa shape index (κ3) is 4.33. The van der Waals surface area contributed by atoms with E-state index >= 15 is 0 Å². The second kappa shape index (κ2) is 8.68. The Hall–Kier alpha value is -3.52. The highest BCUT2D eigenvalue weighted by Crippen LogP contribution is 2.33. The maximum absolute atomic E-state index is 13.6. The summed E-state index contributed by atoms with van der Waals surface area (Å²) in [6.07, 6.45) is 0.710. The van der Waals surface area contributed by atoms with Crippen LogP contribution in [0.2, 0.25) is 0 Å². The zero-order chi connectivity index (χ0) is 23.9. The first-order valence-electron chi connectivity index (χ1n) is 11.0. The molecule has 1 atom stereocenters. The average Bonchev–Trinajstić information content (AvgIpc) is 3.38. The third-order valence-corrected chi connectivity index (χ3v) is 8.06. The monoisotopic (exact) mass is 478 g/mol. The van der Waals surface area contributed by atoms with Crippen molar-refractivity contribution < 1.29 is 22.3 Å². The van der Waals surface area contributed by atoms with Crippen LogP contribution in [0.4, 0.5) is 4.39 Å². The van der Waals surface area contributed by atoms with Crippen molar-refractivity contribution in [3.05, 3.63) is 78.1 Å². The summed E-state index contributed by atoms with van der Waals surface area (Å²) in [5.74, 6) is 0.303. The van der Waals surface area contributed by atoms with E-state index in [-0.39, 0.29) is 35.4 Å². The largest absolute Gasteiger partial charge is 0.497 e. The minimum Gasteiger partial charge on any atom is -0.497 e. The van der Waals surface area contributed by atoms with E-state index in [2.05, 4.69) is 0 Å². The number of carbonyl (C=O) groups excluding carboxylic acids is 1. The lowest BCUT2D eigenvalue weighted by Crippen LogP contribution is -2.11. The van der Waals surface area contributed by atoms with Gasteiger partial charge in [-0.05, 0) is 60.9 Å². The molecule has 0 aliphatic carbocycles.